The lowest BCUT2D eigenvalue weighted by atomic mass is 9.93. The van der Waals surface area contributed by atoms with E-state index in [2.05, 4.69) is 4.74 Å². The zero-order valence-electron chi connectivity index (χ0n) is 12.2. The summed E-state index contributed by atoms with van der Waals surface area (Å²) < 4.78 is 4.51. The Kier molecular flexibility index (Phi) is 5.79. The molecule has 2 amide bonds. The summed E-state index contributed by atoms with van der Waals surface area (Å²) in [5.41, 5.74) is 0. The zero-order valence-corrected chi connectivity index (χ0v) is 12.2. The van der Waals surface area contributed by atoms with Crippen LogP contribution in [0, 0.1) is 5.92 Å². The highest BCUT2D eigenvalue weighted by atomic mass is 16.5. The predicted octanol–water partition coefficient (Wildman–Crippen LogP) is 0.786. The van der Waals surface area contributed by atoms with Gasteiger partial charge in [0.05, 0.1) is 13.5 Å². The number of methoxy groups -OCH3 is 1. The van der Waals surface area contributed by atoms with Crippen molar-refractivity contribution in [2.75, 3.05) is 27.2 Å². The van der Waals surface area contributed by atoms with Crippen molar-refractivity contribution in [3.63, 3.8) is 0 Å². The third kappa shape index (κ3) is 4.11. The van der Waals surface area contributed by atoms with Crippen LogP contribution in [0.3, 0.4) is 0 Å². The molecule has 2 unspecified atom stereocenters. The maximum atomic E-state index is 12.3. The molecule has 1 rings (SSSR count). The van der Waals surface area contributed by atoms with Gasteiger partial charge in [0, 0.05) is 20.1 Å². The van der Waals surface area contributed by atoms with Crippen molar-refractivity contribution in [1.29, 1.82) is 0 Å². The number of carbonyl (C=O) groups excluding carboxylic acids is 2. The normalized spacial score (nSPS) is 22.2. The molecule has 7 nitrogen and oxygen atoms in total. The van der Waals surface area contributed by atoms with Crippen molar-refractivity contribution >= 4 is 18.0 Å². The molecule has 0 radical (unpaired) electrons. The van der Waals surface area contributed by atoms with E-state index in [4.69, 9.17) is 0 Å². The van der Waals surface area contributed by atoms with Gasteiger partial charge in [-0.25, -0.2) is 9.59 Å². The first-order valence-electron chi connectivity index (χ1n) is 6.68. The lowest BCUT2D eigenvalue weighted by Crippen LogP contribution is -2.53. The van der Waals surface area contributed by atoms with Crippen LogP contribution in [0.2, 0.25) is 0 Å². The van der Waals surface area contributed by atoms with Crippen LogP contribution in [0.1, 0.15) is 26.2 Å². The zero-order chi connectivity index (χ0) is 15.3. The van der Waals surface area contributed by atoms with Crippen molar-refractivity contribution in [3.05, 3.63) is 0 Å². The van der Waals surface area contributed by atoms with E-state index in [-0.39, 0.29) is 19.0 Å². The Labute approximate surface area is 118 Å². The number of piperidine rings is 1. The fourth-order valence-electron chi connectivity index (χ4n) is 2.28. The summed E-state index contributed by atoms with van der Waals surface area (Å²) in [6.07, 6.45) is 1.35. The van der Waals surface area contributed by atoms with Gasteiger partial charge in [0.15, 0.2) is 0 Å². The molecule has 1 N–H and O–H groups in total. The van der Waals surface area contributed by atoms with E-state index in [1.54, 1.807) is 7.05 Å². The number of amides is 2. The highest BCUT2D eigenvalue weighted by molar-refractivity contribution is 5.83. The first kappa shape index (κ1) is 16.3. The summed E-state index contributed by atoms with van der Waals surface area (Å²) in [4.78, 5) is 37.3. The van der Waals surface area contributed by atoms with E-state index in [9.17, 15) is 19.5 Å². The summed E-state index contributed by atoms with van der Waals surface area (Å²) in [5, 5.41) is 9.23. The SMILES string of the molecule is COC(=O)CCN(C)C(=O)N1CCC(C)CC1C(=O)O. The van der Waals surface area contributed by atoms with Crippen LogP contribution < -0.4 is 0 Å². The summed E-state index contributed by atoms with van der Waals surface area (Å²) >= 11 is 0. The number of aliphatic carboxylic acids is 1. The quantitative estimate of drug-likeness (QED) is 0.772. The van der Waals surface area contributed by atoms with Crippen molar-refractivity contribution in [3.8, 4) is 0 Å². The minimum absolute atomic E-state index is 0.0979. The number of carbonyl (C=O) groups is 3. The van der Waals surface area contributed by atoms with Crippen LogP contribution in [0.25, 0.3) is 0 Å². The minimum Gasteiger partial charge on any atom is -0.480 e. The molecule has 2 atom stereocenters. The summed E-state index contributed by atoms with van der Waals surface area (Å²) in [5.74, 6) is -1.08. The molecular formula is C13H22N2O5. The summed E-state index contributed by atoms with van der Waals surface area (Å²) in [6, 6.07) is -1.14. The lowest BCUT2D eigenvalue weighted by Gasteiger charge is -2.38. The fourth-order valence-corrected chi connectivity index (χ4v) is 2.28. The molecule has 0 aromatic carbocycles. The third-order valence-corrected chi connectivity index (χ3v) is 3.60. The maximum Gasteiger partial charge on any atom is 0.326 e. The van der Waals surface area contributed by atoms with Crippen LogP contribution in [0.4, 0.5) is 4.79 Å². The van der Waals surface area contributed by atoms with Crippen LogP contribution in [0.15, 0.2) is 0 Å². The topological polar surface area (TPSA) is 87.2 Å². The van der Waals surface area contributed by atoms with Crippen molar-refractivity contribution in [2.45, 2.75) is 32.2 Å². The van der Waals surface area contributed by atoms with Gasteiger partial charge in [0.2, 0.25) is 0 Å². The molecule has 0 aromatic rings. The summed E-state index contributed by atoms with van der Waals surface area (Å²) in [6.45, 7) is 2.63. The number of nitrogens with zero attached hydrogens (tertiary/aromatic N) is 2. The second kappa shape index (κ2) is 7.12. The Morgan fingerprint density at radius 3 is 2.60 bits per heavy atom. The van der Waals surface area contributed by atoms with Gasteiger partial charge in [-0.1, -0.05) is 6.92 Å². The number of hydrogen-bond acceptors (Lipinski definition) is 4. The molecule has 1 fully saturated rings. The van der Waals surface area contributed by atoms with Gasteiger partial charge in [-0.2, -0.15) is 0 Å². The van der Waals surface area contributed by atoms with E-state index < -0.39 is 18.0 Å². The molecule has 0 bridgehead atoms. The Morgan fingerprint density at radius 1 is 1.40 bits per heavy atom. The van der Waals surface area contributed by atoms with E-state index in [0.29, 0.717) is 18.9 Å². The van der Waals surface area contributed by atoms with Gasteiger partial charge in [0.25, 0.3) is 0 Å². The smallest absolute Gasteiger partial charge is 0.326 e. The van der Waals surface area contributed by atoms with Crippen LogP contribution >= 0.6 is 0 Å². The average molecular weight is 286 g/mol. The van der Waals surface area contributed by atoms with Gasteiger partial charge in [-0.15, -0.1) is 0 Å². The Balaban J connectivity index is 2.63. The van der Waals surface area contributed by atoms with Crippen molar-refractivity contribution < 1.29 is 24.2 Å². The second-order valence-electron chi connectivity index (χ2n) is 5.21. The number of carboxylic acid groups (broad SMARTS) is 1. The van der Waals surface area contributed by atoms with Crippen molar-refractivity contribution in [2.24, 2.45) is 5.92 Å². The molecule has 0 aromatic heterocycles. The molecule has 114 valence electrons. The molecule has 1 heterocycles. The van der Waals surface area contributed by atoms with Gasteiger partial charge in [-0.05, 0) is 18.8 Å². The number of urea groups is 1. The Bertz CT molecular complexity index is 385. The number of esters is 1. The van der Waals surface area contributed by atoms with Gasteiger partial charge in [0.1, 0.15) is 6.04 Å². The summed E-state index contributed by atoms with van der Waals surface area (Å²) in [7, 11) is 2.85. The van der Waals surface area contributed by atoms with Gasteiger partial charge in [-0.3, -0.25) is 4.79 Å². The molecule has 20 heavy (non-hydrogen) atoms. The second-order valence-corrected chi connectivity index (χ2v) is 5.21. The largest absolute Gasteiger partial charge is 0.480 e. The number of likely N-dealkylation sites (tertiary alicyclic amines) is 1. The highest BCUT2D eigenvalue weighted by Crippen LogP contribution is 2.23. The van der Waals surface area contributed by atoms with E-state index in [0.717, 1.165) is 6.42 Å². The molecule has 1 aliphatic heterocycles. The first-order valence-corrected chi connectivity index (χ1v) is 6.68. The van der Waals surface area contributed by atoms with Crippen LogP contribution in [0.5, 0.6) is 0 Å². The Morgan fingerprint density at radius 2 is 2.05 bits per heavy atom. The monoisotopic (exact) mass is 286 g/mol. The van der Waals surface area contributed by atoms with E-state index in [1.165, 1.54) is 16.9 Å². The molecule has 0 aliphatic carbocycles. The van der Waals surface area contributed by atoms with E-state index >= 15 is 0 Å². The molecule has 1 saturated heterocycles. The standard InChI is InChI=1S/C13H22N2O5/c1-9-4-7-15(10(8-9)12(17)18)13(19)14(2)6-5-11(16)20-3/h9-10H,4-8H2,1-3H3,(H,17,18). The molecule has 7 heteroatoms. The average Bonchev–Trinajstić information content (AvgIpc) is 2.43. The third-order valence-electron chi connectivity index (χ3n) is 3.60. The van der Waals surface area contributed by atoms with Gasteiger partial charge >= 0.3 is 18.0 Å². The number of ether oxygens (including phenoxy) is 1. The maximum absolute atomic E-state index is 12.3. The molecular weight excluding hydrogens is 264 g/mol. The van der Waals surface area contributed by atoms with Crippen molar-refractivity contribution in [1.82, 2.24) is 9.80 Å². The molecule has 1 aliphatic rings. The Hall–Kier alpha value is -1.79. The van der Waals surface area contributed by atoms with E-state index in [1.807, 2.05) is 6.92 Å². The van der Waals surface area contributed by atoms with Gasteiger partial charge < -0.3 is 19.6 Å². The molecule has 0 spiro atoms. The first-order chi connectivity index (χ1) is 9.36. The van der Waals surface area contributed by atoms with Crippen LogP contribution in [-0.2, 0) is 14.3 Å². The number of hydrogen-bond donors (Lipinski definition) is 1. The minimum atomic E-state index is -0.980. The predicted molar refractivity (Wildman–Crippen MR) is 71.2 cm³/mol. The number of rotatable bonds is 4. The fraction of sp³-hybridized carbons (Fsp3) is 0.769. The lowest BCUT2D eigenvalue weighted by molar-refractivity contribution is -0.144. The number of carboxylic acids is 1. The highest BCUT2D eigenvalue weighted by Gasteiger charge is 2.35. The van der Waals surface area contributed by atoms with Crippen LogP contribution in [-0.4, -0.2) is 66.2 Å². The molecule has 0 saturated carbocycles.